The second-order valence-electron chi connectivity index (χ2n) is 10.5. The summed E-state index contributed by atoms with van der Waals surface area (Å²) in [5.74, 6) is 0.183. The number of aromatic nitrogens is 1. The van der Waals surface area contributed by atoms with E-state index in [4.69, 9.17) is 15.2 Å². The zero-order valence-electron chi connectivity index (χ0n) is 22.5. The second-order valence-corrected chi connectivity index (χ2v) is 10.5. The third kappa shape index (κ3) is 7.24. The molecule has 4 rings (SSSR count). The van der Waals surface area contributed by atoms with Crippen molar-refractivity contribution < 1.29 is 23.5 Å². The molecular weight excluding hydrogens is 501 g/mol. The Hall–Kier alpha value is -3.71. The van der Waals surface area contributed by atoms with Crippen LogP contribution in [0, 0.1) is 23.1 Å². The number of hydrogen-bond acceptors (Lipinski definition) is 7. The van der Waals surface area contributed by atoms with Crippen LogP contribution in [-0.4, -0.2) is 71.2 Å². The molecule has 2 aromatic rings. The Labute approximate surface area is 228 Å². The van der Waals surface area contributed by atoms with Crippen molar-refractivity contribution in [3.63, 3.8) is 0 Å². The van der Waals surface area contributed by atoms with E-state index in [2.05, 4.69) is 11.1 Å². The van der Waals surface area contributed by atoms with Crippen molar-refractivity contribution >= 4 is 12.0 Å². The number of carbonyl (C=O) groups is 2. The molecule has 2 saturated heterocycles. The number of nitriles is 1. The highest BCUT2D eigenvalue weighted by molar-refractivity contribution is 5.83. The van der Waals surface area contributed by atoms with E-state index >= 15 is 0 Å². The fraction of sp³-hybridized carbons (Fsp3) is 0.517. The molecule has 10 heteroatoms. The van der Waals surface area contributed by atoms with E-state index in [1.54, 1.807) is 35.4 Å². The SMILES string of the molecule is CC(C)OC(=O)N1CCC(COc2ccc(-c3ccc(C[C@H](N)C(=O)N4CCC[C@H]4C#N)c(F)c3)nc2)CC1. The molecule has 0 saturated carbocycles. The summed E-state index contributed by atoms with van der Waals surface area (Å²) in [4.78, 5) is 32.4. The average Bonchev–Trinajstić information content (AvgIpc) is 3.42. The lowest BCUT2D eigenvalue weighted by atomic mass is 9.98. The first-order chi connectivity index (χ1) is 18.7. The van der Waals surface area contributed by atoms with E-state index in [1.165, 1.54) is 11.0 Å². The van der Waals surface area contributed by atoms with Gasteiger partial charge in [-0.25, -0.2) is 9.18 Å². The predicted octanol–water partition coefficient (Wildman–Crippen LogP) is 3.91. The minimum absolute atomic E-state index is 0.0532. The van der Waals surface area contributed by atoms with Gasteiger partial charge in [-0.3, -0.25) is 9.78 Å². The van der Waals surface area contributed by atoms with Gasteiger partial charge in [0.15, 0.2) is 0 Å². The molecule has 0 unspecified atom stereocenters. The van der Waals surface area contributed by atoms with Crippen LogP contribution in [0.1, 0.15) is 45.1 Å². The minimum atomic E-state index is -0.907. The molecule has 0 radical (unpaired) electrons. The first-order valence-electron chi connectivity index (χ1n) is 13.5. The molecule has 2 aliphatic rings. The van der Waals surface area contributed by atoms with E-state index < -0.39 is 17.9 Å². The molecule has 9 nitrogen and oxygen atoms in total. The number of hydrogen-bond donors (Lipinski definition) is 1. The number of piperidine rings is 1. The maximum absolute atomic E-state index is 14.9. The summed E-state index contributed by atoms with van der Waals surface area (Å²) in [6.07, 6.45) is 4.38. The van der Waals surface area contributed by atoms with Crippen molar-refractivity contribution in [3.8, 4) is 23.1 Å². The number of likely N-dealkylation sites (tertiary alicyclic amines) is 2. The van der Waals surface area contributed by atoms with E-state index in [0.717, 1.165) is 19.3 Å². The van der Waals surface area contributed by atoms with Gasteiger partial charge in [0, 0.05) is 25.2 Å². The number of pyridine rings is 1. The first kappa shape index (κ1) is 28.3. The van der Waals surface area contributed by atoms with Crippen LogP contribution in [0.4, 0.5) is 9.18 Å². The Bertz CT molecular complexity index is 1190. The van der Waals surface area contributed by atoms with Crippen molar-refractivity contribution in [1.29, 1.82) is 5.26 Å². The predicted molar refractivity (Wildman–Crippen MR) is 143 cm³/mol. The van der Waals surface area contributed by atoms with Crippen molar-refractivity contribution in [3.05, 3.63) is 47.9 Å². The summed E-state index contributed by atoms with van der Waals surface area (Å²) in [7, 11) is 0. The van der Waals surface area contributed by atoms with Crippen molar-refractivity contribution in [2.45, 2.75) is 64.1 Å². The van der Waals surface area contributed by atoms with Crippen molar-refractivity contribution in [1.82, 2.24) is 14.8 Å². The zero-order chi connectivity index (χ0) is 27.9. The molecule has 2 amide bonds. The van der Waals surface area contributed by atoms with Crippen LogP contribution in [0.25, 0.3) is 11.3 Å². The third-order valence-electron chi connectivity index (χ3n) is 7.22. The first-order valence-corrected chi connectivity index (χ1v) is 13.5. The number of benzene rings is 1. The van der Waals surface area contributed by atoms with E-state index in [0.29, 0.717) is 61.2 Å². The summed E-state index contributed by atoms with van der Waals surface area (Å²) in [6.45, 7) is 6.01. The van der Waals surface area contributed by atoms with E-state index in [1.807, 2.05) is 13.8 Å². The van der Waals surface area contributed by atoms with Crippen LogP contribution in [-0.2, 0) is 16.0 Å². The topological polar surface area (TPSA) is 122 Å². The smallest absolute Gasteiger partial charge is 0.410 e. The fourth-order valence-electron chi connectivity index (χ4n) is 4.98. The Morgan fingerprint density at radius 2 is 1.95 bits per heavy atom. The van der Waals surface area contributed by atoms with Gasteiger partial charge in [0.05, 0.1) is 36.7 Å². The molecule has 2 N–H and O–H groups in total. The molecule has 0 spiro atoms. The number of halogens is 1. The molecule has 2 fully saturated rings. The number of rotatable bonds is 8. The Morgan fingerprint density at radius 1 is 1.18 bits per heavy atom. The summed E-state index contributed by atoms with van der Waals surface area (Å²) < 4.78 is 26.1. The molecule has 3 heterocycles. The van der Waals surface area contributed by atoms with Gasteiger partial charge >= 0.3 is 6.09 Å². The normalized spacial score (nSPS) is 18.6. The minimum Gasteiger partial charge on any atom is -0.492 e. The lowest BCUT2D eigenvalue weighted by Crippen LogP contribution is -2.46. The molecule has 1 aromatic carbocycles. The van der Waals surface area contributed by atoms with Crippen LogP contribution in [0.15, 0.2) is 36.5 Å². The summed E-state index contributed by atoms with van der Waals surface area (Å²) in [6, 6.07) is 9.12. The van der Waals surface area contributed by atoms with Gasteiger partial charge in [-0.2, -0.15) is 5.26 Å². The van der Waals surface area contributed by atoms with Gasteiger partial charge in [0.25, 0.3) is 0 Å². The molecule has 0 bridgehead atoms. The molecule has 0 aliphatic carbocycles. The number of nitrogens with zero attached hydrogens (tertiary/aromatic N) is 4. The summed E-state index contributed by atoms with van der Waals surface area (Å²) in [5, 5.41) is 9.22. The lowest BCUT2D eigenvalue weighted by molar-refractivity contribution is -0.132. The average molecular weight is 538 g/mol. The van der Waals surface area contributed by atoms with E-state index in [-0.39, 0.29) is 24.5 Å². The maximum Gasteiger partial charge on any atom is 0.410 e. The number of nitrogens with two attached hydrogens (primary N) is 1. The second kappa shape index (κ2) is 12.9. The zero-order valence-corrected chi connectivity index (χ0v) is 22.5. The van der Waals surface area contributed by atoms with E-state index in [9.17, 15) is 19.2 Å². The largest absolute Gasteiger partial charge is 0.492 e. The number of amides is 2. The molecule has 1 aromatic heterocycles. The maximum atomic E-state index is 14.9. The fourth-order valence-corrected chi connectivity index (χ4v) is 4.98. The molecule has 39 heavy (non-hydrogen) atoms. The van der Waals surface area contributed by atoms with Crippen LogP contribution >= 0.6 is 0 Å². The van der Waals surface area contributed by atoms with Gasteiger partial charge in [-0.05, 0) is 75.6 Å². The Kier molecular flexibility index (Phi) is 9.36. The summed E-state index contributed by atoms with van der Waals surface area (Å²) >= 11 is 0. The summed E-state index contributed by atoms with van der Waals surface area (Å²) in [5.41, 5.74) is 7.63. The number of carbonyl (C=O) groups excluding carboxylic acids is 2. The van der Waals surface area contributed by atoms with Gasteiger partial charge in [0.1, 0.15) is 17.6 Å². The molecule has 208 valence electrons. The van der Waals surface area contributed by atoms with Crippen LogP contribution in [0.3, 0.4) is 0 Å². The van der Waals surface area contributed by atoms with Crippen LogP contribution < -0.4 is 10.5 Å². The monoisotopic (exact) mass is 537 g/mol. The highest BCUT2D eigenvalue weighted by Crippen LogP contribution is 2.25. The van der Waals surface area contributed by atoms with Crippen LogP contribution in [0.2, 0.25) is 0 Å². The molecule has 2 atom stereocenters. The Balaban J connectivity index is 1.27. The van der Waals surface area contributed by atoms with Crippen LogP contribution in [0.5, 0.6) is 5.75 Å². The quantitative estimate of drug-likeness (QED) is 0.542. The van der Waals surface area contributed by atoms with Gasteiger partial charge in [-0.1, -0.05) is 12.1 Å². The van der Waals surface area contributed by atoms with Crippen molar-refractivity contribution in [2.75, 3.05) is 26.2 Å². The highest BCUT2D eigenvalue weighted by atomic mass is 19.1. The Morgan fingerprint density at radius 3 is 2.59 bits per heavy atom. The number of ether oxygens (including phenoxy) is 2. The third-order valence-corrected chi connectivity index (χ3v) is 7.22. The van der Waals surface area contributed by atoms with Gasteiger partial charge in [-0.15, -0.1) is 0 Å². The van der Waals surface area contributed by atoms with Gasteiger partial charge < -0.3 is 25.0 Å². The lowest BCUT2D eigenvalue weighted by Gasteiger charge is -2.31. The van der Waals surface area contributed by atoms with Gasteiger partial charge in [0.2, 0.25) is 5.91 Å². The highest BCUT2D eigenvalue weighted by Gasteiger charge is 2.32. The van der Waals surface area contributed by atoms with Crippen molar-refractivity contribution in [2.24, 2.45) is 11.7 Å². The molecule has 2 aliphatic heterocycles. The standard InChI is InChI=1S/C29H36FN5O4/c1-19(2)39-29(37)34-12-9-20(10-13-34)18-38-24-7-8-27(33-17-24)22-6-5-21(25(30)14-22)15-26(32)28(36)35-11-3-4-23(35)16-31/h5-8,14,17,19-20,23,26H,3-4,9-13,15,18,32H2,1-2H3/t23-,26-/m0/s1. The molecular formula is C29H36FN5O4.